The number of nitrogens with zero attached hydrogens (tertiary/aromatic N) is 1. The number of anilines is 1. The first-order chi connectivity index (χ1) is 19.6. The van der Waals surface area contributed by atoms with Gasteiger partial charge in [0.1, 0.15) is 23.2 Å². The molecule has 3 aromatic carbocycles. The van der Waals surface area contributed by atoms with E-state index in [2.05, 4.69) is 0 Å². The van der Waals surface area contributed by atoms with Crippen molar-refractivity contribution in [3.8, 4) is 22.6 Å². The molecular weight excluding hydrogens is 557 g/mol. The number of amides is 1. The first kappa shape index (κ1) is 28.5. The molecule has 2 aliphatic rings. The van der Waals surface area contributed by atoms with Crippen LogP contribution in [-0.4, -0.2) is 23.5 Å². The molecule has 0 bridgehead atoms. The van der Waals surface area contributed by atoms with Crippen LogP contribution < -0.4 is 4.90 Å². The van der Waals surface area contributed by atoms with Gasteiger partial charge in [-0.15, -0.1) is 0 Å². The smallest absolute Gasteiger partial charge is 0.330 e. The van der Waals surface area contributed by atoms with Crippen molar-refractivity contribution >= 4 is 40.8 Å². The average Bonchev–Trinajstić information content (AvgIpc) is 3.40. The molecule has 3 aromatic rings. The summed E-state index contributed by atoms with van der Waals surface area (Å²) in [5.74, 6) is 0.240. The molecule has 7 heteroatoms. The number of rotatable bonds is 7. The van der Waals surface area contributed by atoms with Crippen molar-refractivity contribution in [3.05, 3.63) is 124 Å². The van der Waals surface area contributed by atoms with Crippen LogP contribution in [0.5, 0.6) is 0 Å². The molecule has 208 valence electrons. The standard InChI is InChI=1S/C34H29Cl2NO4/c1-34(2,3)41-33(39)29(20-22-10-5-4-6-11-22)37(32(38)25-18-17-24(35)21-27(25)36)28-14-8-7-13-26(28)31-19-16-23-12-9-15-30(23)40-31/h4-19,21,29H,20H2,1-3H3. The minimum absolute atomic E-state index is 0.176. The van der Waals surface area contributed by atoms with E-state index in [1.54, 1.807) is 39.0 Å². The number of fused-ring (bicyclic) bond motifs is 1. The molecule has 0 saturated heterocycles. The van der Waals surface area contributed by atoms with Crippen LogP contribution in [0, 0.1) is 0 Å². The second-order valence-electron chi connectivity index (χ2n) is 10.7. The molecule has 0 N–H and O–H groups in total. The molecule has 0 fully saturated rings. The van der Waals surface area contributed by atoms with Crippen molar-refractivity contribution in [1.29, 1.82) is 0 Å². The lowest BCUT2D eigenvalue weighted by molar-refractivity contribution is -0.156. The van der Waals surface area contributed by atoms with Gasteiger partial charge in [-0.25, -0.2) is 4.79 Å². The number of ether oxygens (including phenoxy) is 1. The fourth-order valence-electron chi connectivity index (χ4n) is 4.70. The average molecular weight is 587 g/mol. The molecule has 5 rings (SSSR count). The summed E-state index contributed by atoms with van der Waals surface area (Å²) < 4.78 is 12.1. The number of carbonyl (C=O) groups excluding carboxylic acids is 2. The van der Waals surface area contributed by atoms with Crippen LogP contribution in [0.1, 0.15) is 36.7 Å². The van der Waals surface area contributed by atoms with Crippen LogP contribution in [-0.2, 0) is 16.0 Å². The van der Waals surface area contributed by atoms with E-state index < -0.39 is 23.5 Å². The highest BCUT2D eigenvalue weighted by Crippen LogP contribution is 2.38. The Kier molecular flexibility index (Phi) is 8.20. The van der Waals surface area contributed by atoms with E-state index in [1.165, 1.54) is 11.0 Å². The fraction of sp³-hybridized carbons (Fsp3) is 0.176. The minimum Gasteiger partial charge on any atom is -0.458 e. The Morgan fingerprint density at radius 1 is 0.829 bits per heavy atom. The molecule has 1 amide bonds. The molecule has 5 nitrogen and oxygen atoms in total. The summed E-state index contributed by atoms with van der Waals surface area (Å²) in [5, 5.41) is 0.573. The van der Waals surface area contributed by atoms with Gasteiger partial charge in [0.15, 0.2) is 0 Å². The van der Waals surface area contributed by atoms with E-state index in [4.69, 9.17) is 32.4 Å². The Labute approximate surface area is 249 Å². The number of halogens is 2. The predicted molar refractivity (Wildman–Crippen MR) is 164 cm³/mol. The summed E-state index contributed by atoms with van der Waals surface area (Å²) >= 11 is 12.7. The lowest BCUT2D eigenvalue weighted by Gasteiger charge is -2.34. The zero-order chi connectivity index (χ0) is 29.1. The molecule has 1 aliphatic heterocycles. The second kappa shape index (κ2) is 11.8. The van der Waals surface area contributed by atoms with Crippen LogP contribution in [0.2, 0.25) is 10.0 Å². The first-order valence-corrected chi connectivity index (χ1v) is 14.0. The molecule has 0 saturated carbocycles. The zero-order valence-electron chi connectivity index (χ0n) is 22.9. The quantitative estimate of drug-likeness (QED) is 0.179. The number of carbonyl (C=O) groups is 2. The molecule has 0 radical (unpaired) electrons. The number of hydrogen-bond acceptors (Lipinski definition) is 4. The minimum atomic E-state index is -1.03. The lowest BCUT2D eigenvalue weighted by atomic mass is 9.99. The summed E-state index contributed by atoms with van der Waals surface area (Å²) in [6.07, 6.45) is 0.208. The monoisotopic (exact) mass is 585 g/mol. The van der Waals surface area contributed by atoms with Gasteiger partial charge in [-0.2, -0.15) is 0 Å². The van der Waals surface area contributed by atoms with Gasteiger partial charge in [0, 0.05) is 22.6 Å². The Bertz CT molecular complexity index is 1650. The van der Waals surface area contributed by atoms with Crippen molar-refractivity contribution in [2.24, 2.45) is 0 Å². The third-order valence-electron chi connectivity index (χ3n) is 6.51. The van der Waals surface area contributed by atoms with Gasteiger partial charge in [-0.05, 0) is 74.9 Å². The van der Waals surface area contributed by atoms with E-state index in [0.29, 0.717) is 27.8 Å². The summed E-state index contributed by atoms with van der Waals surface area (Å²) in [6.45, 7) is 5.40. The van der Waals surface area contributed by atoms with E-state index in [-0.39, 0.29) is 17.0 Å². The maximum absolute atomic E-state index is 14.5. The number of hydrogen-bond donors (Lipinski definition) is 0. The Morgan fingerprint density at radius 3 is 2.29 bits per heavy atom. The molecular formula is C34H29Cl2NO4. The van der Waals surface area contributed by atoms with E-state index in [0.717, 1.165) is 11.1 Å². The molecule has 41 heavy (non-hydrogen) atoms. The normalized spacial score (nSPS) is 12.2. The molecule has 1 atom stereocenters. The van der Waals surface area contributed by atoms with Crippen LogP contribution in [0.15, 0.2) is 108 Å². The van der Waals surface area contributed by atoms with Crippen LogP contribution in [0.3, 0.4) is 0 Å². The zero-order valence-corrected chi connectivity index (χ0v) is 24.4. The van der Waals surface area contributed by atoms with Crippen molar-refractivity contribution in [2.75, 3.05) is 4.90 Å². The fourth-order valence-corrected chi connectivity index (χ4v) is 5.19. The molecule has 0 spiro atoms. The predicted octanol–water partition coefficient (Wildman–Crippen LogP) is 8.96. The Hall–Kier alpha value is -4.06. The Morgan fingerprint density at radius 2 is 1.56 bits per heavy atom. The third kappa shape index (κ3) is 6.48. The maximum Gasteiger partial charge on any atom is 0.330 e. The van der Waals surface area contributed by atoms with Crippen molar-refractivity contribution in [1.82, 2.24) is 0 Å². The van der Waals surface area contributed by atoms with Crippen LogP contribution in [0.25, 0.3) is 22.6 Å². The third-order valence-corrected chi connectivity index (χ3v) is 7.06. The highest BCUT2D eigenvalue weighted by molar-refractivity contribution is 6.37. The highest BCUT2D eigenvalue weighted by atomic mass is 35.5. The largest absolute Gasteiger partial charge is 0.458 e. The van der Waals surface area contributed by atoms with E-state index in [1.807, 2.05) is 78.9 Å². The summed E-state index contributed by atoms with van der Waals surface area (Å²) in [5.41, 5.74) is 2.36. The molecule has 0 aromatic heterocycles. The van der Waals surface area contributed by atoms with Crippen LogP contribution in [0.4, 0.5) is 5.69 Å². The van der Waals surface area contributed by atoms with Gasteiger partial charge in [-0.1, -0.05) is 77.8 Å². The summed E-state index contributed by atoms with van der Waals surface area (Å²) in [4.78, 5) is 29.9. The summed E-state index contributed by atoms with van der Waals surface area (Å²) in [6, 6.07) is 30.1. The van der Waals surface area contributed by atoms with Crippen molar-refractivity contribution < 1.29 is 18.7 Å². The lowest BCUT2D eigenvalue weighted by Crippen LogP contribution is -2.49. The second-order valence-corrected chi connectivity index (χ2v) is 11.5. The molecule has 1 heterocycles. The van der Waals surface area contributed by atoms with Crippen molar-refractivity contribution in [2.45, 2.75) is 38.8 Å². The van der Waals surface area contributed by atoms with Gasteiger partial charge in [-0.3, -0.25) is 9.69 Å². The highest BCUT2D eigenvalue weighted by Gasteiger charge is 2.37. The van der Waals surface area contributed by atoms with E-state index >= 15 is 0 Å². The number of benzene rings is 3. The maximum atomic E-state index is 14.5. The van der Waals surface area contributed by atoms with Gasteiger partial charge in [0.05, 0.1) is 16.3 Å². The summed E-state index contributed by atoms with van der Waals surface area (Å²) in [7, 11) is 0. The molecule has 1 unspecified atom stereocenters. The van der Waals surface area contributed by atoms with Crippen molar-refractivity contribution in [3.63, 3.8) is 0 Å². The van der Waals surface area contributed by atoms with Gasteiger partial charge < -0.3 is 9.15 Å². The Balaban J connectivity index is 1.72. The van der Waals surface area contributed by atoms with Gasteiger partial charge >= 0.3 is 5.97 Å². The SMILES string of the molecule is CC(C)(C)OC(=O)C(Cc1ccccc1)N(C(=O)c1ccc(Cl)cc1Cl)c1ccccc1-c1ccc2cccc-2o1. The first-order valence-electron chi connectivity index (χ1n) is 13.2. The number of esters is 1. The van der Waals surface area contributed by atoms with Gasteiger partial charge in [0.2, 0.25) is 0 Å². The van der Waals surface area contributed by atoms with Gasteiger partial charge in [0.25, 0.3) is 5.91 Å². The molecule has 1 aliphatic carbocycles. The van der Waals surface area contributed by atoms with Crippen LogP contribution >= 0.6 is 23.2 Å². The topological polar surface area (TPSA) is 59.8 Å². The number of para-hydroxylation sites is 1. The van der Waals surface area contributed by atoms with E-state index in [9.17, 15) is 9.59 Å².